The predicted octanol–water partition coefficient (Wildman–Crippen LogP) is 2.66. The van der Waals surface area contributed by atoms with E-state index in [9.17, 15) is 0 Å². The molecule has 17 heavy (non-hydrogen) atoms. The molecule has 1 saturated carbocycles. The summed E-state index contributed by atoms with van der Waals surface area (Å²) in [4.78, 5) is 2.43. The highest BCUT2D eigenvalue weighted by Gasteiger charge is 2.40. The highest BCUT2D eigenvalue weighted by Crippen LogP contribution is 2.42. The maximum absolute atomic E-state index is 3.72. The summed E-state index contributed by atoms with van der Waals surface area (Å²) in [5.41, 5.74) is 0. The normalized spacial score (nSPS) is 31.0. The molecule has 0 aromatic rings. The monoisotopic (exact) mass is 236 g/mol. The van der Waals surface area contributed by atoms with Crippen LogP contribution >= 0.6 is 0 Å². The average molecular weight is 236 g/mol. The third-order valence-corrected chi connectivity index (χ3v) is 4.59. The van der Waals surface area contributed by atoms with Gasteiger partial charge in [-0.25, -0.2) is 0 Å². The summed E-state index contributed by atoms with van der Waals surface area (Å²) in [5, 5.41) is 3.72. The molecule has 2 aliphatic rings. The SMILES string of the molecule is CC(C)N(C)CCCCNC1CC2CC=CC21. The van der Waals surface area contributed by atoms with E-state index in [1.165, 1.54) is 38.8 Å². The first-order valence-corrected chi connectivity index (χ1v) is 7.28. The molecular weight excluding hydrogens is 208 g/mol. The fourth-order valence-electron chi connectivity index (χ4n) is 2.98. The zero-order valence-electron chi connectivity index (χ0n) is 11.7. The van der Waals surface area contributed by atoms with Crippen molar-refractivity contribution in [3.8, 4) is 0 Å². The molecule has 0 aliphatic heterocycles. The molecule has 0 saturated heterocycles. The second kappa shape index (κ2) is 6.01. The van der Waals surface area contributed by atoms with Crippen molar-refractivity contribution in [2.24, 2.45) is 11.8 Å². The molecule has 0 heterocycles. The van der Waals surface area contributed by atoms with Crippen LogP contribution in [0.4, 0.5) is 0 Å². The van der Waals surface area contributed by atoms with Crippen LogP contribution in [0.15, 0.2) is 12.2 Å². The minimum atomic E-state index is 0.680. The molecule has 0 aromatic heterocycles. The lowest BCUT2D eigenvalue weighted by Gasteiger charge is -2.40. The molecule has 3 unspecified atom stereocenters. The molecule has 2 aliphatic carbocycles. The smallest absolute Gasteiger partial charge is 0.0136 e. The van der Waals surface area contributed by atoms with Crippen LogP contribution in [0.3, 0.4) is 0 Å². The Morgan fingerprint density at radius 2 is 2.18 bits per heavy atom. The Bertz CT molecular complexity index is 260. The van der Waals surface area contributed by atoms with Crippen molar-refractivity contribution in [3.05, 3.63) is 12.2 Å². The summed E-state index contributed by atoms with van der Waals surface area (Å²) in [6.45, 7) is 6.96. The Kier molecular flexibility index (Phi) is 4.63. The zero-order valence-corrected chi connectivity index (χ0v) is 11.7. The molecule has 2 rings (SSSR count). The van der Waals surface area contributed by atoms with E-state index in [-0.39, 0.29) is 0 Å². The van der Waals surface area contributed by atoms with Gasteiger partial charge in [-0.05, 0) is 71.5 Å². The van der Waals surface area contributed by atoms with Crippen molar-refractivity contribution in [1.29, 1.82) is 0 Å². The highest BCUT2D eigenvalue weighted by atomic mass is 15.1. The number of fused-ring (bicyclic) bond motifs is 1. The van der Waals surface area contributed by atoms with Gasteiger partial charge in [0.25, 0.3) is 0 Å². The lowest BCUT2D eigenvalue weighted by molar-refractivity contribution is 0.162. The van der Waals surface area contributed by atoms with Crippen LogP contribution in [0.5, 0.6) is 0 Å². The third-order valence-electron chi connectivity index (χ3n) is 4.59. The van der Waals surface area contributed by atoms with E-state index in [2.05, 4.69) is 43.3 Å². The van der Waals surface area contributed by atoms with Crippen LogP contribution in [0.25, 0.3) is 0 Å². The Morgan fingerprint density at radius 3 is 2.88 bits per heavy atom. The van der Waals surface area contributed by atoms with E-state index in [1.807, 2.05) is 0 Å². The first-order chi connectivity index (χ1) is 8.18. The number of nitrogens with zero attached hydrogens (tertiary/aromatic N) is 1. The average Bonchev–Trinajstić information content (AvgIpc) is 2.64. The first-order valence-electron chi connectivity index (χ1n) is 7.28. The number of rotatable bonds is 7. The molecule has 1 N–H and O–H groups in total. The molecule has 0 aromatic carbocycles. The summed E-state index contributed by atoms with van der Waals surface area (Å²) < 4.78 is 0. The van der Waals surface area contributed by atoms with Gasteiger partial charge in [-0.2, -0.15) is 0 Å². The fourth-order valence-corrected chi connectivity index (χ4v) is 2.98. The standard InChI is InChI=1S/C15H28N2/c1-12(2)17(3)10-5-4-9-16-15-11-13-7-6-8-14(13)15/h6,8,12-16H,4-5,7,9-11H2,1-3H3. The first kappa shape index (κ1) is 13.1. The van der Waals surface area contributed by atoms with Gasteiger partial charge in [0.15, 0.2) is 0 Å². The number of unbranched alkanes of at least 4 members (excludes halogenated alkanes) is 1. The molecule has 2 nitrogen and oxygen atoms in total. The molecule has 0 spiro atoms. The fraction of sp³-hybridized carbons (Fsp3) is 0.867. The molecule has 0 radical (unpaired) electrons. The summed E-state index contributed by atoms with van der Waals surface area (Å²) in [5.74, 6) is 1.85. The Balaban J connectivity index is 1.48. The Hall–Kier alpha value is -0.340. The van der Waals surface area contributed by atoms with Crippen molar-refractivity contribution < 1.29 is 0 Å². The second-order valence-electron chi connectivity index (χ2n) is 6.08. The van der Waals surface area contributed by atoms with Crippen molar-refractivity contribution in [2.75, 3.05) is 20.1 Å². The van der Waals surface area contributed by atoms with Gasteiger partial charge in [-0.1, -0.05) is 12.2 Å². The number of hydrogen-bond donors (Lipinski definition) is 1. The van der Waals surface area contributed by atoms with Crippen molar-refractivity contribution >= 4 is 0 Å². The van der Waals surface area contributed by atoms with E-state index in [0.717, 1.165) is 17.9 Å². The second-order valence-corrected chi connectivity index (χ2v) is 6.08. The molecular formula is C15H28N2. The van der Waals surface area contributed by atoms with E-state index in [0.29, 0.717) is 6.04 Å². The van der Waals surface area contributed by atoms with Gasteiger partial charge in [0.05, 0.1) is 0 Å². The van der Waals surface area contributed by atoms with Crippen LogP contribution in [-0.2, 0) is 0 Å². The van der Waals surface area contributed by atoms with Crippen molar-refractivity contribution in [3.63, 3.8) is 0 Å². The molecule has 1 fully saturated rings. The summed E-state index contributed by atoms with van der Waals surface area (Å²) in [6, 6.07) is 1.47. The molecule has 0 amide bonds. The van der Waals surface area contributed by atoms with Gasteiger partial charge < -0.3 is 10.2 Å². The van der Waals surface area contributed by atoms with Crippen LogP contribution in [0.2, 0.25) is 0 Å². The molecule has 0 bridgehead atoms. The van der Waals surface area contributed by atoms with Gasteiger partial charge >= 0.3 is 0 Å². The highest BCUT2D eigenvalue weighted by molar-refractivity contribution is 5.12. The zero-order chi connectivity index (χ0) is 12.3. The van der Waals surface area contributed by atoms with Crippen molar-refractivity contribution in [1.82, 2.24) is 10.2 Å². The van der Waals surface area contributed by atoms with Gasteiger partial charge in [0.1, 0.15) is 0 Å². The molecule has 98 valence electrons. The largest absolute Gasteiger partial charge is 0.313 e. The van der Waals surface area contributed by atoms with E-state index >= 15 is 0 Å². The maximum atomic E-state index is 3.72. The lowest BCUT2D eigenvalue weighted by Crippen LogP contribution is -2.48. The van der Waals surface area contributed by atoms with Crippen molar-refractivity contribution in [2.45, 2.75) is 51.6 Å². The van der Waals surface area contributed by atoms with E-state index in [4.69, 9.17) is 0 Å². The van der Waals surface area contributed by atoms with Crippen LogP contribution in [0, 0.1) is 11.8 Å². The molecule has 3 atom stereocenters. The Labute approximate surface area is 106 Å². The van der Waals surface area contributed by atoms with Gasteiger partial charge in [-0.3, -0.25) is 0 Å². The number of allylic oxidation sites excluding steroid dienone is 1. The minimum Gasteiger partial charge on any atom is -0.313 e. The summed E-state index contributed by atoms with van der Waals surface area (Å²) >= 11 is 0. The Morgan fingerprint density at radius 1 is 1.35 bits per heavy atom. The van der Waals surface area contributed by atoms with Gasteiger partial charge in [0.2, 0.25) is 0 Å². The maximum Gasteiger partial charge on any atom is 0.0136 e. The predicted molar refractivity (Wildman–Crippen MR) is 74.1 cm³/mol. The number of nitrogens with one attached hydrogen (secondary N) is 1. The minimum absolute atomic E-state index is 0.680. The number of hydrogen-bond acceptors (Lipinski definition) is 2. The van der Waals surface area contributed by atoms with Gasteiger partial charge in [-0.15, -0.1) is 0 Å². The van der Waals surface area contributed by atoms with Gasteiger partial charge in [0, 0.05) is 12.1 Å². The summed E-state index contributed by atoms with van der Waals surface area (Å²) in [6.07, 6.45) is 10.2. The molecule has 2 heteroatoms. The topological polar surface area (TPSA) is 15.3 Å². The van der Waals surface area contributed by atoms with E-state index in [1.54, 1.807) is 0 Å². The van der Waals surface area contributed by atoms with Crippen LogP contribution in [0.1, 0.15) is 39.5 Å². The lowest BCUT2D eigenvalue weighted by atomic mass is 9.71. The quantitative estimate of drug-likeness (QED) is 0.540. The van der Waals surface area contributed by atoms with Crippen LogP contribution in [-0.4, -0.2) is 37.1 Å². The summed E-state index contributed by atoms with van der Waals surface area (Å²) in [7, 11) is 2.22. The van der Waals surface area contributed by atoms with Crippen LogP contribution < -0.4 is 5.32 Å². The van der Waals surface area contributed by atoms with E-state index < -0.39 is 0 Å². The third kappa shape index (κ3) is 3.32.